The number of hydrogen-bond acceptors (Lipinski definition) is 9. The minimum Gasteiger partial charge on any atom is -0.399 e. The normalized spacial score (nSPS) is 15.0. The van der Waals surface area contributed by atoms with Crippen molar-refractivity contribution in [3.8, 4) is 0 Å². The van der Waals surface area contributed by atoms with Crippen molar-refractivity contribution in [3.63, 3.8) is 0 Å². The highest BCUT2D eigenvalue weighted by Crippen LogP contribution is 2.34. The third-order valence-corrected chi connectivity index (χ3v) is 5.91. The molecule has 2 aromatic heterocycles. The Balaban J connectivity index is 1.71. The highest BCUT2D eigenvalue weighted by molar-refractivity contribution is 5.94. The van der Waals surface area contributed by atoms with Gasteiger partial charge in [0.1, 0.15) is 11.6 Å². The van der Waals surface area contributed by atoms with Gasteiger partial charge in [0, 0.05) is 37.1 Å². The number of nitrogens with two attached hydrogens (primary N) is 1. The molecular formula is C24H29F3N8O2. The third-order valence-electron chi connectivity index (χ3n) is 5.91. The molecular weight excluding hydrogens is 489 g/mol. The number of rotatable bonds is 8. The molecule has 5 N–H and O–H groups in total. The number of nitrogens with one attached hydrogen (secondary N) is 3. The summed E-state index contributed by atoms with van der Waals surface area (Å²) in [5, 5.41) is 9.37. The number of anilines is 4. The van der Waals surface area contributed by atoms with Crippen molar-refractivity contribution in [2.45, 2.75) is 25.6 Å². The number of alkyl halides is 3. The number of nitrogens with zero attached hydrogens (tertiary/aromatic N) is 4. The summed E-state index contributed by atoms with van der Waals surface area (Å²) in [5.41, 5.74) is 5.74. The van der Waals surface area contributed by atoms with E-state index in [1.165, 1.54) is 6.07 Å². The second-order valence-corrected chi connectivity index (χ2v) is 8.71. The van der Waals surface area contributed by atoms with Gasteiger partial charge in [-0.3, -0.25) is 10.1 Å². The number of nitrogen functional groups attached to an aromatic ring is 1. The minimum atomic E-state index is -4.53. The fourth-order valence-corrected chi connectivity index (χ4v) is 3.96. The Hall–Kier alpha value is -3.71. The first kappa shape index (κ1) is 26.4. The van der Waals surface area contributed by atoms with Gasteiger partial charge < -0.3 is 26.0 Å². The Morgan fingerprint density at radius 3 is 2.65 bits per heavy atom. The first-order chi connectivity index (χ1) is 17.6. The van der Waals surface area contributed by atoms with E-state index in [-0.39, 0.29) is 24.0 Å². The van der Waals surface area contributed by atoms with Crippen molar-refractivity contribution < 1.29 is 22.7 Å². The molecule has 0 aliphatic carbocycles. The van der Waals surface area contributed by atoms with E-state index in [0.717, 1.165) is 12.1 Å². The number of morpholine rings is 1. The van der Waals surface area contributed by atoms with Gasteiger partial charge in [-0.05, 0) is 43.8 Å². The summed E-state index contributed by atoms with van der Waals surface area (Å²) >= 11 is 0. The van der Waals surface area contributed by atoms with Crippen molar-refractivity contribution in [1.82, 2.24) is 20.3 Å². The molecule has 1 saturated heterocycles. The lowest BCUT2D eigenvalue weighted by molar-refractivity contribution is -0.137. The number of carbonyl (C=O) groups excluding carboxylic acids is 1. The van der Waals surface area contributed by atoms with Crippen LogP contribution in [0.1, 0.15) is 30.5 Å². The summed E-state index contributed by atoms with van der Waals surface area (Å²) in [6.07, 6.45) is -2.73. The summed E-state index contributed by atoms with van der Waals surface area (Å²) in [4.78, 5) is 27.8. The van der Waals surface area contributed by atoms with Crippen LogP contribution < -0.4 is 26.6 Å². The molecule has 0 spiro atoms. The van der Waals surface area contributed by atoms with Crippen LogP contribution >= 0.6 is 0 Å². The van der Waals surface area contributed by atoms with Crippen LogP contribution in [0.25, 0.3) is 10.9 Å². The standard InChI is InChI=1S/C24H29F3N8O2/c1-14(15-9-16(24(25,26)27)11-17(28)10-15)31-22-18-12-20(35-5-7-37-8-6-35)30-13-19(18)32-23(34-22)33-21(36)3-4-29-2/h9-14,29H,3-8,28H2,1-2H3,(H2,31,32,33,34,36)/t14-/m1/s1. The van der Waals surface area contributed by atoms with E-state index in [9.17, 15) is 18.0 Å². The number of ether oxygens (including phenoxy) is 1. The zero-order valence-electron chi connectivity index (χ0n) is 20.5. The fraction of sp³-hybridized carbons (Fsp3) is 0.417. The lowest BCUT2D eigenvalue weighted by atomic mass is 10.0. The summed E-state index contributed by atoms with van der Waals surface area (Å²) in [5.74, 6) is 0.822. The first-order valence-corrected chi connectivity index (χ1v) is 11.8. The Bertz CT molecular complexity index is 1260. The van der Waals surface area contributed by atoms with E-state index in [0.29, 0.717) is 61.0 Å². The van der Waals surface area contributed by atoms with Crippen molar-refractivity contribution in [1.29, 1.82) is 0 Å². The Morgan fingerprint density at radius 2 is 1.95 bits per heavy atom. The van der Waals surface area contributed by atoms with Gasteiger partial charge in [0.05, 0.1) is 36.5 Å². The van der Waals surface area contributed by atoms with Crippen LogP contribution in [0.2, 0.25) is 0 Å². The largest absolute Gasteiger partial charge is 0.416 e. The van der Waals surface area contributed by atoms with Crippen LogP contribution in [-0.2, 0) is 15.7 Å². The molecule has 37 heavy (non-hydrogen) atoms. The zero-order chi connectivity index (χ0) is 26.6. The molecule has 0 unspecified atom stereocenters. The maximum absolute atomic E-state index is 13.4. The van der Waals surface area contributed by atoms with Crippen molar-refractivity contribution in [2.75, 3.05) is 61.2 Å². The predicted molar refractivity (Wildman–Crippen MR) is 135 cm³/mol. The van der Waals surface area contributed by atoms with E-state index >= 15 is 0 Å². The molecule has 0 bridgehead atoms. The number of benzene rings is 1. The smallest absolute Gasteiger partial charge is 0.399 e. The molecule has 198 valence electrons. The topological polar surface area (TPSA) is 130 Å². The summed E-state index contributed by atoms with van der Waals surface area (Å²) < 4.78 is 45.5. The summed E-state index contributed by atoms with van der Waals surface area (Å²) in [7, 11) is 1.74. The minimum absolute atomic E-state index is 0.00214. The number of aromatic nitrogens is 3. The SMILES string of the molecule is CNCCC(=O)Nc1nc(N[C@H](C)c2cc(N)cc(C(F)(F)F)c2)c2cc(N3CCOCC3)ncc2n1. The monoisotopic (exact) mass is 518 g/mol. The quantitative estimate of drug-likeness (QED) is 0.332. The van der Waals surface area contributed by atoms with Crippen LogP contribution in [0, 0.1) is 0 Å². The number of halogens is 3. The van der Waals surface area contributed by atoms with E-state index in [1.54, 1.807) is 20.2 Å². The lowest BCUT2D eigenvalue weighted by Crippen LogP contribution is -2.36. The molecule has 1 fully saturated rings. The van der Waals surface area contributed by atoms with E-state index in [4.69, 9.17) is 10.5 Å². The summed E-state index contributed by atoms with van der Waals surface area (Å²) in [6, 6.07) is 4.66. The van der Waals surface area contributed by atoms with Gasteiger partial charge in [-0.2, -0.15) is 18.2 Å². The zero-order valence-corrected chi connectivity index (χ0v) is 20.5. The van der Waals surface area contributed by atoms with Crippen LogP contribution in [0.4, 0.5) is 36.4 Å². The molecule has 10 nitrogen and oxygen atoms in total. The van der Waals surface area contributed by atoms with Gasteiger partial charge in [0.25, 0.3) is 0 Å². The Labute approximate surface area is 211 Å². The molecule has 13 heteroatoms. The number of carbonyl (C=O) groups is 1. The van der Waals surface area contributed by atoms with E-state index in [1.807, 2.05) is 6.07 Å². The number of hydrogen-bond donors (Lipinski definition) is 4. The third kappa shape index (κ3) is 6.54. The molecule has 1 atom stereocenters. The van der Waals surface area contributed by atoms with Gasteiger partial charge in [0.15, 0.2) is 0 Å². The summed E-state index contributed by atoms with van der Waals surface area (Å²) in [6.45, 7) is 4.67. The fourth-order valence-electron chi connectivity index (χ4n) is 3.96. The van der Waals surface area contributed by atoms with E-state index < -0.39 is 17.8 Å². The van der Waals surface area contributed by atoms with Crippen LogP contribution in [0.15, 0.2) is 30.5 Å². The molecule has 1 aliphatic heterocycles. The maximum Gasteiger partial charge on any atom is 0.416 e. The molecule has 1 amide bonds. The number of fused-ring (bicyclic) bond motifs is 1. The molecule has 0 saturated carbocycles. The van der Waals surface area contributed by atoms with Gasteiger partial charge in [0.2, 0.25) is 11.9 Å². The van der Waals surface area contributed by atoms with Gasteiger partial charge in [-0.1, -0.05) is 0 Å². The van der Waals surface area contributed by atoms with Crippen molar-refractivity contribution >= 4 is 40.1 Å². The highest BCUT2D eigenvalue weighted by atomic mass is 19.4. The van der Waals surface area contributed by atoms with Crippen molar-refractivity contribution in [3.05, 3.63) is 41.6 Å². The van der Waals surface area contributed by atoms with Crippen molar-refractivity contribution in [2.24, 2.45) is 0 Å². The van der Waals surface area contributed by atoms with E-state index in [2.05, 4.69) is 35.8 Å². The molecule has 0 radical (unpaired) electrons. The molecule has 1 aromatic carbocycles. The van der Waals surface area contributed by atoms with Gasteiger partial charge >= 0.3 is 6.18 Å². The predicted octanol–water partition coefficient (Wildman–Crippen LogP) is 3.18. The molecule has 4 rings (SSSR count). The van der Waals surface area contributed by atoms with Crippen LogP contribution in [-0.4, -0.2) is 60.8 Å². The maximum atomic E-state index is 13.4. The molecule has 3 heterocycles. The average Bonchev–Trinajstić information content (AvgIpc) is 2.87. The average molecular weight is 519 g/mol. The van der Waals surface area contributed by atoms with Gasteiger partial charge in [-0.25, -0.2) is 9.97 Å². The Morgan fingerprint density at radius 1 is 1.19 bits per heavy atom. The second-order valence-electron chi connectivity index (χ2n) is 8.71. The highest BCUT2D eigenvalue weighted by Gasteiger charge is 2.31. The number of amides is 1. The molecule has 1 aliphatic rings. The Kier molecular flexibility index (Phi) is 7.93. The number of pyridine rings is 1. The van der Waals surface area contributed by atoms with Gasteiger partial charge in [-0.15, -0.1) is 0 Å². The van der Waals surface area contributed by atoms with Crippen LogP contribution in [0.3, 0.4) is 0 Å². The second kappa shape index (κ2) is 11.1. The first-order valence-electron chi connectivity index (χ1n) is 11.8. The van der Waals surface area contributed by atoms with Crippen LogP contribution in [0.5, 0.6) is 0 Å². The lowest BCUT2D eigenvalue weighted by Gasteiger charge is -2.28. The molecule has 3 aromatic rings.